The Morgan fingerprint density at radius 1 is 1.57 bits per heavy atom. The molecule has 0 amide bonds. The maximum absolute atomic E-state index is 4.48. The third kappa shape index (κ3) is 1.51. The molecule has 3 heteroatoms. The lowest BCUT2D eigenvalue weighted by Gasteiger charge is -2.42. The zero-order valence-corrected chi connectivity index (χ0v) is 9.30. The highest BCUT2D eigenvalue weighted by molar-refractivity contribution is 5.33. The van der Waals surface area contributed by atoms with E-state index in [1.54, 1.807) is 0 Å². The van der Waals surface area contributed by atoms with Crippen molar-refractivity contribution in [2.45, 2.75) is 45.1 Å². The second-order valence-corrected chi connectivity index (χ2v) is 4.43. The van der Waals surface area contributed by atoms with E-state index in [1.807, 2.05) is 14.0 Å². The number of nitrogens with zero attached hydrogens (tertiary/aromatic N) is 2. The lowest BCUT2D eigenvalue weighted by atomic mass is 9.75. The number of aromatic nitrogens is 2. The van der Waals surface area contributed by atoms with Crippen molar-refractivity contribution in [3.63, 3.8) is 0 Å². The van der Waals surface area contributed by atoms with Crippen LogP contribution in [0, 0.1) is 6.92 Å². The number of imidazole rings is 1. The predicted octanol–water partition coefficient (Wildman–Crippen LogP) is 2.47. The first-order chi connectivity index (χ1) is 6.65. The molecule has 1 heterocycles. The minimum Gasteiger partial charge on any atom is -0.350 e. The molecule has 1 fully saturated rings. The number of hydrogen-bond donors (Lipinski definition) is 1. The van der Waals surface area contributed by atoms with E-state index < -0.39 is 0 Å². The van der Waals surface area contributed by atoms with Gasteiger partial charge in [0.1, 0.15) is 0 Å². The Kier molecular flexibility index (Phi) is 2.25. The fourth-order valence-electron chi connectivity index (χ4n) is 2.14. The smallest absolute Gasteiger partial charge is 0.203 e. The van der Waals surface area contributed by atoms with E-state index >= 15 is 0 Å². The zero-order chi connectivity index (χ0) is 10.2. The maximum atomic E-state index is 4.48. The summed E-state index contributed by atoms with van der Waals surface area (Å²) < 4.78 is 2.07. The molecule has 0 atom stereocenters. The summed E-state index contributed by atoms with van der Waals surface area (Å²) in [6.45, 7) is 4.28. The molecule has 0 aromatic carbocycles. The second kappa shape index (κ2) is 3.30. The first kappa shape index (κ1) is 9.56. The van der Waals surface area contributed by atoms with Crippen molar-refractivity contribution in [2.24, 2.45) is 7.05 Å². The third-order valence-corrected chi connectivity index (χ3v) is 3.36. The first-order valence-electron chi connectivity index (χ1n) is 5.43. The molecule has 0 radical (unpaired) electrons. The van der Waals surface area contributed by atoms with Gasteiger partial charge in [0.15, 0.2) is 0 Å². The highest BCUT2D eigenvalue weighted by Crippen LogP contribution is 2.37. The summed E-state index contributed by atoms with van der Waals surface area (Å²) in [6.07, 6.45) is 7.18. The molecule has 78 valence electrons. The fraction of sp³-hybridized carbons (Fsp3) is 0.727. The molecule has 14 heavy (non-hydrogen) atoms. The minimum absolute atomic E-state index is 0.339. The first-order valence-corrected chi connectivity index (χ1v) is 5.43. The molecule has 2 rings (SSSR count). The molecule has 1 N–H and O–H groups in total. The summed E-state index contributed by atoms with van der Waals surface area (Å²) >= 11 is 0. The molecule has 0 spiro atoms. The number of nitrogens with one attached hydrogen (secondary N) is 1. The van der Waals surface area contributed by atoms with E-state index in [2.05, 4.69) is 28.0 Å². The van der Waals surface area contributed by atoms with E-state index in [-0.39, 0.29) is 0 Å². The molecule has 1 aromatic heterocycles. The van der Waals surface area contributed by atoms with E-state index in [0.717, 1.165) is 11.6 Å². The Balaban J connectivity index is 2.13. The fourth-order valence-corrected chi connectivity index (χ4v) is 2.14. The maximum Gasteiger partial charge on any atom is 0.203 e. The van der Waals surface area contributed by atoms with Gasteiger partial charge < -0.3 is 9.88 Å². The Morgan fingerprint density at radius 2 is 2.29 bits per heavy atom. The lowest BCUT2D eigenvalue weighted by Crippen LogP contribution is -2.44. The van der Waals surface area contributed by atoms with Crippen molar-refractivity contribution in [1.29, 1.82) is 0 Å². The van der Waals surface area contributed by atoms with Gasteiger partial charge in [0.25, 0.3) is 0 Å². The van der Waals surface area contributed by atoms with Gasteiger partial charge in [-0.3, -0.25) is 0 Å². The second-order valence-electron chi connectivity index (χ2n) is 4.43. The van der Waals surface area contributed by atoms with Crippen molar-refractivity contribution < 1.29 is 0 Å². The molecule has 0 saturated heterocycles. The standard InChI is InChI=1S/C11H19N3/c1-4-11(6-5-7-11)13-10-12-9(2)8-14(10)3/h8H,4-7H2,1-3H3,(H,12,13). The predicted molar refractivity (Wildman–Crippen MR) is 58.4 cm³/mol. The average Bonchev–Trinajstić information content (AvgIpc) is 2.38. The van der Waals surface area contributed by atoms with Crippen LogP contribution in [0.15, 0.2) is 6.20 Å². The highest BCUT2D eigenvalue weighted by Gasteiger charge is 2.35. The van der Waals surface area contributed by atoms with Crippen molar-refractivity contribution in [3.05, 3.63) is 11.9 Å². The Morgan fingerprint density at radius 3 is 2.64 bits per heavy atom. The lowest BCUT2D eigenvalue weighted by molar-refractivity contribution is 0.267. The topological polar surface area (TPSA) is 29.9 Å². The van der Waals surface area contributed by atoms with Crippen LogP contribution in [0.25, 0.3) is 0 Å². The molecule has 0 aliphatic heterocycles. The van der Waals surface area contributed by atoms with Crippen LogP contribution in [0.5, 0.6) is 0 Å². The van der Waals surface area contributed by atoms with E-state index in [1.165, 1.54) is 25.7 Å². The van der Waals surface area contributed by atoms with Crippen molar-refractivity contribution in [3.8, 4) is 0 Å². The Labute approximate surface area is 85.5 Å². The number of rotatable bonds is 3. The monoisotopic (exact) mass is 193 g/mol. The van der Waals surface area contributed by atoms with Crippen molar-refractivity contribution >= 4 is 5.95 Å². The molecule has 0 bridgehead atoms. The Bertz CT molecular complexity index is 318. The average molecular weight is 193 g/mol. The minimum atomic E-state index is 0.339. The molecule has 1 aliphatic carbocycles. The van der Waals surface area contributed by atoms with Gasteiger partial charge in [-0.05, 0) is 32.6 Å². The quantitative estimate of drug-likeness (QED) is 0.799. The summed E-state index contributed by atoms with van der Waals surface area (Å²) in [7, 11) is 2.05. The largest absolute Gasteiger partial charge is 0.350 e. The summed E-state index contributed by atoms with van der Waals surface area (Å²) in [4.78, 5) is 4.48. The number of hydrogen-bond acceptors (Lipinski definition) is 2. The summed E-state index contributed by atoms with van der Waals surface area (Å²) in [6, 6.07) is 0. The summed E-state index contributed by atoms with van der Waals surface area (Å²) in [5.74, 6) is 1.02. The van der Waals surface area contributed by atoms with Crippen LogP contribution in [0.1, 0.15) is 38.3 Å². The molecule has 3 nitrogen and oxygen atoms in total. The van der Waals surface area contributed by atoms with Crippen LogP contribution >= 0.6 is 0 Å². The van der Waals surface area contributed by atoms with Crippen molar-refractivity contribution in [1.82, 2.24) is 9.55 Å². The normalized spacial score (nSPS) is 19.1. The van der Waals surface area contributed by atoms with Gasteiger partial charge in [0.2, 0.25) is 5.95 Å². The van der Waals surface area contributed by atoms with Crippen molar-refractivity contribution in [2.75, 3.05) is 5.32 Å². The third-order valence-electron chi connectivity index (χ3n) is 3.36. The number of aryl methyl sites for hydroxylation is 2. The van der Waals surface area contributed by atoms with Crippen LogP contribution in [-0.2, 0) is 7.05 Å². The van der Waals surface area contributed by atoms with Crippen LogP contribution < -0.4 is 5.32 Å². The van der Waals surface area contributed by atoms with Crippen LogP contribution in [-0.4, -0.2) is 15.1 Å². The summed E-state index contributed by atoms with van der Waals surface area (Å²) in [5, 5.41) is 3.58. The molecular weight excluding hydrogens is 174 g/mol. The molecule has 1 aromatic rings. The van der Waals surface area contributed by atoms with Gasteiger partial charge in [-0.25, -0.2) is 4.98 Å². The van der Waals surface area contributed by atoms with E-state index in [0.29, 0.717) is 5.54 Å². The van der Waals surface area contributed by atoms with Crippen LogP contribution in [0.3, 0.4) is 0 Å². The SMILES string of the molecule is CCC1(Nc2nc(C)cn2C)CCC1. The molecular formula is C11H19N3. The van der Waals surface area contributed by atoms with Gasteiger partial charge in [-0.1, -0.05) is 6.92 Å². The molecule has 1 saturated carbocycles. The van der Waals surface area contributed by atoms with E-state index in [9.17, 15) is 0 Å². The molecule has 0 unspecified atom stereocenters. The number of anilines is 1. The van der Waals surface area contributed by atoms with Gasteiger partial charge in [-0.15, -0.1) is 0 Å². The zero-order valence-electron chi connectivity index (χ0n) is 9.30. The Hall–Kier alpha value is -0.990. The van der Waals surface area contributed by atoms with Gasteiger partial charge in [0, 0.05) is 18.8 Å². The van der Waals surface area contributed by atoms with Crippen LogP contribution in [0.2, 0.25) is 0 Å². The van der Waals surface area contributed by atoms with Crippen LogP contribution in [0.4, 0.5) is 5.95 Å². The van der Waals surface area contributed by atoms with Gasteiger partial charge in [-0.2, -0.15) is 0 Å². The van der Waals surface area contributed by atoms with Gasteiger partial charge >= 0.3 is 0 Å². The van der Waals surface area contributed by atoms with E-state index in [4.69, 9.17) is 0 Å². The highest BCUT2D eigenvalue weighted by atomic mass is 15.2. The van der Waals surface area contributed by atoms with Gasteiger partial charge in [0.05, 0.1) is 5.69 Å². The summed E-state index contributed by atoms with van der Waals surface area (Å²) in [5.41, 5.74) is 1.42. The molecule has 1 aliphatic rings.